The Kier molecular flexibility index (Phi) is 6.47. The molecule has 0 aliphatic rings. The van der Waals surface area contributed by atoms with Gasteiger partial charge in [-0.15, -0.1) is 0 Å². The predicted molar refractivity (Wildman–Crippen MR) is 89.6 cm³/mol. The van der Waals surface area contributed by atoms with Crippen LogP contribution < -0.4 is 5.32 Å². The maximum absolute atomic E-state index is 13.4. The molecule has 0 spiro atoms. The maximum Gasteiger partial charge on any atom is 0.160 e. The Hall–Kier alpha value is -1.97. The second-order valence-electron chi connectivity index (χ2n) is 5.50. The van der Waals surface area contributed by atoms with E-state index in [0.29, 0.717) is 17.2 Å². The first-order valence-corrected chi connectivity index (χ1v) is 7.37. The largest absolute Gasteiger partial charge is 0.393 e. The molecular weight excluding hydrogens is 282 g/mol. The number of aryl methyl sites for hydroxylation is 1. The summed E-state index contributed by atoms with van der Waals surface area (Å²) in [7, 11) is 1.82. The summed E-state index contributed by atoms with van der Waals surface area (Å²) in [6.07, 6.45) is 3.92. The maximum atomic E-state index is 13.4. The predicted octanol–water partition coefficient (Wildman–Crippen LogP) is 5.07. The number of allylic oxidation sites excluding steroid dienone is 3. The van der Waals surface area contributed by atoms with Crippen LogP contribution in [0, 0.1) is 24.5 Å². The molecule has 1 aromatic carbocycles. The smallest absolute Gasteiger partial charge is 0.160 e. The summed E-state index contributed by atoms with van der Waals surface area (Å²) in [5.74, 6) is -1.40. The van der Waals surface area contributed by atoms with Crippen molar-refractivity contribution >= 4 is 11.4 Å². The first kappa shape index (κ1) is 18.1. The van der Waals surface area contributed by atoms with E-state index in [1.165, 1.54) is 6.07 Å². The molecule has 0 saturated carbocycles. The van der Waals surface area contributed by atoms with Gasteiger partial charge in [0.2, 0.25) is 0 Å². The Bertz CT molecular complexity index is 626. The summed E-state index contributed by atoms with van der Waals surface area (Å²) in [5.41, 5.74) is 3.91. The third kappa shape index (κ3) is 4.26. The lowest BCUT2D eigenvalue weighted by atomic mass is 9.92. The number of benzene rings is 1. The van der Waals surface area contributed by atoms with E-state index in [9.17, 15) is 8.78 Å². The molecule has 0 bridgehead atoms. The molecule has 22 heavy (non-hydrogen) atoms. The van der Waals surface area contributed by atoms with Crippen molar-refractivity contribution in [2.24, 2.45) is 10.9 Å². The second kappa shape index (κ2) is 7.87. The Morgan fingerprint density at radius 3 is 2.32 bits per heavy atom. The fourth-order valence-electron chi connectivity index (χ4n) is 2.34. The minimum Gasteiger partial charge on any atom is -0.393 e. The third-order valence-corrected chi connectivity index (χ3v) is 3.45. The molecule has 1 rings (SSSR count). The molecule has 0 aromatic heterocycles. The molecule has 0 aliphatic heterocycles. The Morgan fingerprint density at radius 2 is 1.82 bits per heavy atom. The second-order valence-corrected chi connectivity index (χ2v) is 5.50. The van der Waals surface area contributed by atoms with Gasteiger partial charge in [0.1, 0.15) is 0 Å². The molecule has 0 amide bonds. The highest BCUT2D eigenvalue weighted by Crippen LogP contribution is 2.26. The van der Waals surface area contributed by atoms with E-state index in [0.717, 1.165) is 22.9 Å². The number of rotatable bonds is 5. The monoisotopic (exact) mass is 306 g/mol. The van der Waals surface area contributed by atoms with Crippen LogP contribution in [-0.4, -0.2) is 12.8 Å². The van der Waals surface area contributed by atoms with Gasteiger partial charge in [0.05, 0.1) is 5.69 Å². The van der Waals surface area contributed by atoms with E-state index < -0.39 is 11.6 Å². The zero-order valence-corrected chi connectivity index (χ0v) is 14.1. The first-order chi connectivity index (χ1) is 10.3. The van der Waals surface area contributed by atoms with Crippen LogP contribution in [0.1, 0.15) is 33.3 Å². The van der Waals surface area contributed by atoms with E-state index in [1.807, 2.05) is 33.2 Å². The number of aliphatic imine (C=N–C) groups is 1. The van der Waals surface area contributed by atoms with Crippen LogP contribution >= 0.6 is 0 Å². The van der Waals surface area contributed by atoms with Gasteiger partial charge in [0, 0.05) is 30.6 Å². The van der Waals surface area contributed by atoms with Crippen LogP contribution in [0.25, 0.3) is 0 Å². The van der Waals surface area contributed by atoms with Crippen molar-refractivity contribution in [3.8, 4) is 0 Å². The zero-order chi connectivity index (χ0) is 16.9. The van der Waals surface area contributed by atoms with Crippen molar-refractivity contribution in [2.45, 2.75) is 34.6 Å². The van der Waals surface area contributed by atoms with Gasteiger partial charge in [-0.3, -0.25) is 4.99 Å². The lowest BCUT2D eigenvalue weighted by molar-refractivity contribution is 0.508. The summed E-state index contributed by atoms with van der Waals surface area (Å²) >= 11 is 0. The van der Waals surface area contributed by atoms with Gasteiger partial charge in [-0.25, -0.2) is 8.78 Å². The minimum atomic E-state index is -0.883. The molecule has 4 heteroatoms. The number of nitrogens with one attached hydrogen (secondary N) is 1. The average molecular weight is 306 g/mol. The first-order valence-electron chi connectivity index (χ1n) is 7.37. The number of halogens is 2. The van der Waals surface area contributed by atoms with E-state index in [4.69, 9.17) is 0 Å². The molecule has 0 heterocycles. The summed E-state index contributed by atoms with van der Waals surface area (Å²) in [6.45, 7) is 9.78. The van der Waals surface area contributed by atoms with E-state index >= 15 is 0 Å². The standard InChI is InChI=1S/C18H24F2N2/c1-7-14(11(2)3)15(10-21-6)13(5)22-18-9-17(20)16(19)8-12(18)4/h7-11,21H,1-6H3/b14-7-,15-10-,22-13+. The molecule has 0 saturated heterocycles. The van der Waals surface area contributed by atoms with Crippen LogP contribution in [0.4, 0.5) is 14.5 Å². The van der Waals surface area contributed by atoms with Crippen molar-refractivity contribution in [1.82, 2.24) is 5.32 Å². The van der Waals surface area contributed by atoms with Crippen LogP contribution in [0.15, 0.2) is 40.5 Å². The van der Waals surface area contributed by atoms with Gasteiger partial charge >= 0.3 is 0 Å². The molecule has 120 valence electrons. The molecule has 0 radical (unpaired) electrons. The number of nitrogens with zero attached hydrogens (tertiary/aromatic N) is 1. The molecule has 2 nitrogen and oxygen atoms in total. The minimum absolute atomic E-state index is 0.334. The summed E-state index contributed by atoms with van der Waals surface area (Å²) in [5, 5.41) is 3.02. The SMILES string of the molecule is C\C=C(C(=C\NC)/C(C)=N/c1cc(F)c(F)cc1C)\C(C)C. The summed E-state index contributed by atoms with van der Waals surface area (Å²) in [6, 6.07) is 2.30. The fourth-order valence-corrected chi connectivity index (χ4v) is 2.34. The van der Waals surface area contributed by atoms with Crippen molar-refractivity contribution in [3.63, 3.8) is 0 Å². The van der Waals surface area contributed by atoms with Gasteiger partial charge in [-0.1, -0.05) is 19.9 Å². The summed E-state index contributed by atoms with van der Waals surface area (Å²) < 4.78 is 26.6. The quantitative estimate of drug-likeness (QED) is 0.596. The van der Waals surface area contributed by atoms with Gasteiger partial charge in [-0.2, -0.15) is 0 Å². The molecule has 0 unspecified atom stereocenters. The van der Waals surface area contributed by atoms with Crippen LogP contribution in [-0.2, 0) is 0 Å². The van der Waals surface area contributed by atoms with Gasteiger partial charge in [0.15, 0.2) is 11.6 Å². The van der Waals surface area contributed by atoms with Crippen molar-refractivity contribution < 1.29 is 8.78 Å². The van der Waals surface area contributed by atoms with E-state index in [-0.39, 0.29) is 0 Å². The molecule has 1 aromatic rings. The van der Waals surface area contributed by atoms with Crippen LogP contribution in [0.5, 0.6) is 0 Å². The third-order valence-electron chi connectivity index (χ3n) is 3.45. The molecule has 0 fully saturated rings. The number of hydrogen-bond acceptors (Lipinski definition) is 2. The lowest BCUT2D eigenvalue weighted by Crippen LogP contribution is -2.10. The normalized spacial score (nSPS) is 13.8. The van der Waals surface area contributed by atoms with Crippen molar-refractivity contribution in [2.75, 3.05) is 7.05 Å². The zero-order valence-electron chi connectivity index (χ0n) is 14.1. The summed E-state index contributed by atoms with van der Waals surface area (Å²) in [4.78, 5) is 4.49. The number of hydrogen-bond donors (Lipinski definition) is 1. The van der Waals surface area contributed by atoms with E-state index in [1.54, 1.807) is 6.92 Å². The van der Waals surface area contributed by atoms with Crippen molar-refractivity contribution in [3.05, 3.63) is 52.8 Å². The fraction of sp³-hybridized carbons (Fsp3) is 0.389. The molecule has 0 atom stereocenters. The van der Waals surface area contributed by atoms with Crippen molar-refractivity contribution in [1.29, 1.82) is 0 Å². The van der Waals surface area contributed by atoms with Gasteiger partial charge in [0.25, 0.3) is 0 Å². The van der Waals surface area contributed by atoms with E-state index in [2.05, 4.69) is 24.2 Å². The Balaban J connectivity index is 3.34. The molecular formula is C18H24F2N2. The molecule has 1 N–H and O–H groups in total. The highest BCUT2D eigenvalue weighted by Gasteiger charge is 2.13. The Labute approximate surface area is 131 Å². The highest BCUT2D eigenvalue weighted by atomic mass is 19.2. The average Bonchev–Trinajstić information content (AvgIpc) is 2.44. The van der Waals surface area contributed by atoms with Gasteiger partial charge < -0.3 is 5.32 Å². The molecule has 0 aliphatic carbocycles. The van der Waals surface area contributed by atoms with Gasteiger partial charge in [-0.05, 0) is 43.9 Å². The highest BCUT2D eigenvalue weighted by molar-refractivity contribution is 6.03. The lowest BCUT2D eigenvalue weighted by Gasteiger charge is -2.16. The van der Waals surface area contributed by atoms with Crippen LogP contribution in [0.3, 0.4) is 0 Å². The topological polar surface area (TPSA) is 24.4 Å². The van der Waals surface area contributed by atoms with Crippen LogP contribution in [0.2, 0.25) is 0 Å². The Morgan fingerprint density at radius 1 is 1.23 bits per heavy atom.